The Morgan fingerprint density at radius 3 is 2.81 bits per heavy atom. The number of benzene rings is 1. The van der Waals surface area contributed by atoms with Gasteiger partial charge in [0.05, 0.1) is 11.4 Å². The summed E-state index contributed by atoms with van der Waals surface area (Å²) in [6.07, 6.45) is 1.08. The summed E-state index contributed by atoms with van der Waals surface area (Å²) < 4.78 is 39.5. The lowest BCUT2D eigenvalue weighted by atomic mass is 10.1. The van der Waals surface area contributed by atoms with Gasteiger partial charge in [-0.1, -0.05) is 0 Å². The minimum Gasteiger partial charge on any atom is -0.481 e. The second-order valence-corrected chi connectivity index (χ2v) is 5.69. The molecule has 1 atom stereocenters. The highest BCUT2D eigenvalue weighted by atomic mass is 32.1. The van der Waals surface area contributed by atoms with Crippen molar-refractivity contribution < 1.29 is 23.1 Å². The minimum atomic E-state index is -1.56. The molecule has 2 N–H and O–H groups in total. The number of anilines is 2. The van der Waals surface area contributed by atoms with Crippen LogP contribution in [0.25, 0.3) is 0 Å². The van der Waals surface area contributed by atoms with Gasteiger partial charge in [0.2, 0.25) is 0 Å². The SMILES string of the molecule is O=C(O)C1CCc2sc(Nc3ccc(F)c(F)c3F)nc21. The number of carbonyl (C=O) groups is 1. The van der Waals surface area contributed by atoms with Gasteiger partial charge in [-0.15, -0.1) is 11.3 Å². The monoisotopic (exact) mass is 314 g/mol. The molecule has 0 bridgehead atoms. The third kappa shape index (κ3) is 2.35. The van der Waals surface area contributed by atoms with Gasteiger partial charge < -0.3 is 10.4 Å². The number of carboxylic acid groups (broad SMARTS) is 1. The van der Waals surface area contributed by atoms with Crippen molar-refractivity contribution in [2.24, 2.45) is 0 Å². The Morgan fingerprint density at radius 1 is 1.33 bits per heavy atom. The van der Waals surface area contributed by atoms with Crippen LogP contribution in [0.3, 0.4) is 0 Å². The lowest BCUT2D eigenvalue weighted by Crippen LogP contribution is -2.08. The number of hydrogen-bond donors (Lipinski definition) is 2. The van der Waals surface area contributed by atoms with Crippen LogP contribution in [0.2, 0.25) is 0 Å². The van der Waals surface area contributed by atoms with Crippen molar-refractivity contribution in [1.29, 1.82) is 0 Å². The van der Waals surface area contributed by atoms with Crippen molar-refractivity contribution in [3.05, 3.63) is 40.2 Å². The Labute approximate surface area is 121 Å². The molecule has 0 aliphatic heterocycles. The summed E-state index contributed by atoms with van der Waals surface area (Å²) in [6.45, 7) is 0. The number of hydrogen-bond acceptors (Lipinski definition) is 4. The molecule has 1 aliphatic rings. The molecule has 110 valence electrons. The maximum absolute atomic E-state index is 13.6. The summed E-state index contributed by atoms with van der Waals surface area (Å²) in [6, 6.07) is 1.87. The molecular formula is C13H9F3N2O2S. The van der Waals surface area contributed by atoms with Crippen LogP contribution in [0, 0.1) is 17.5 Å². The number of nitrogens with zero attached hydrogens (tertiary/aromatic N) is 1. The van der Waals surface area contributed by atoms with Crippen LogP contribution < -0.4 is 5.32 Å². The van der Waals surface area contributed by atoms with Gasteiger partial charge in [-0.25, -0.2) is 18.2 Å². The standard InChI is InChI=1S/C13H9F3N2O2S/c14-6-2-3-7(10(16)9(6)15)17-13-18-11-5(12(19)20)1-4-8(11)21-13/h2-3,5H,1,4H2,(H,17,18)(H,19,20). The van der Waals surface area contributed by atoms with Crippen LogP contribution in [0.5, 0.6) is 0 Å². The lowest BCUT2D eigenvalue weighted by molar-refractivity contribution is -0.138. The Morgan fingerprint density at radius 2 is 2.10 bits per heavy atom. The number of halogens is 3. The molecule has 0 radical (unpaired) electrons. The van der Waals surface area contributed by atoms with E-state index in [9.17, 15) is 18.0 Å². The van der Waals surface area contributed by atoms with Gasteiger partial charge in [0, 0.05) is 4.88 Å². The number of aryl methyl sites for hydroxylation is 1. The molecule has 3 rings (SSSR count). The van der Waals surface area contributed by atoms with Crippen molar-refractivity contribution in [2.45, 2.75) is 18.8 Å². The molecule has 0 spiro atoms. The highest BCUT2D eigenvalue weighted by Gasteiger charge is 2.32. The third-order valence-electron chi connectivity index (χ3n) is 3.29. The number of thiazole rings is 1. The Hall–Kier alpha value is -2.09. The van der Waals surface area contributed by atoms with Crippen molar-refractivity contribution in [1.82, 2.24) is 4.98 Å². The first-order valence-corrected chi connectivity index (χ1v) is 6.92. The molecule has 1 aliphatic carbocycles. The molecule has 1 heterocycles. The summed E-state index contributed by atoms with van der Waals surface area (Å²) >= 11 is 1.19. The van der Waals surface area contributed by atoms with Crippen LogP contribution >= 0.6 is 11.3 Å². The quantitative estimate of drug-likeness (QED) is 0.852. The molecule has 0 fully saturated rings. The molecule has 0 saturated heterocycles. The van der Waals surface area contributed by atoms with Crippen LogP contribution in [-0.4, -0.2) is 16.1 Å². The zero-order chi connectivity index (χ0) is 15.1. The maximum Gasteiger partial charge on any atom is 0.312 e. The second-order valence-electron chi connectivity index (χ2n) is 4.60. The summed E-state index contributed by atoms with van der Waals surface area (Å²) in [5, 5.41) is 11.9. The second kappa shape index (κ2) is 5.03. The zero-order valence-corrected chi connectivity index (χ0v) is 11.3. The fraction of sp³-hybridized carbons (Fsp3) is 0.231. The molecule has 21 heavy (non-hydrogen) atoms. The first kappa shape index (κ1) is 13.9. The zero-order valence-electron chi connectivity index (χ0n) is 10.5. The van der Waals surface area contributed by atoms with E-state index in [-0.39, 0.29) is 10.8 Å². The summed E-state index contributed by atoms with van der Waals surface area (Å²) in [7, 11) is 0. The molecule has 1 aromatic carbocycles. The van der Waals surface area contributed by atoms with E-state index in [0.717, 1.165) is 17.0 Å². The Bertz CT molecular complexity index is 732. The average Bonchev–Trinajstić information content (AvgIpc) is 2.98. The molecule has 2 aromatic rings. The lowest BCUT2D eigenvalue weighted by Gasteiger charge is -2.06. The maximum atomic E-state index is 13.6. The van der Waals surface area contributed by atoms with Crippen molar-refractivity contribution in [3.8, 4) is 0 Å². The van der Waals surface area contributed by atoms with Gasteiger partial charge in [-0.3, -0.25) is 4.79 Å². The molecule has 1 aromatic heterocycles. The van der Waals surface area contributed by atoms with Gasteiger partial charge in [-0.05, 0) is 25.0 Å². The summed E-state index contributed by atoms with van der Waals surface area (Å²) in [5.74, 6) is -5.79. The fourth-order valence-electron chi connectivity index (χ4n) is 2.26. The third-order valence-corrected chi connectivity index (χ3v) is 4.34. The van der Waals surface area contributed by atoms with Gasteiger partial charge in [-0.2, -0.15) is 0 Å². The minimum absolute atomic E-state index is 0.242. The molecule has 8 heteroatoms. The largest absolute Gasteiger partial charge is 0.481 e. The molecule has 0 saturated carbocycles. The first-order valence-electron chi connectivity index (χ1n) is 6.10. The smallest absolute Gasteiger partial charge is 0.312 e. The molecule has 1 unspecified atom stereocenters. The highest BCUT2D eigenvalue weighted by Crippen LogP contribution is 2.39. The van der Waals surface area contributed by atoms with E-state index in [0.29, 0.717) is 18.5 Å². The van der Waals surface area contributed by atoms with Gasteiger partial charge >= 0.3 is 5.97 Å². The number of rotatable bonds is 3. The number of nitrogens with one attached hydrogen (secondary N) is 1. The van der Waals surface area contributed by atoms with Crippen molar-refractivity contribution in [2.75, 3.05) is 5.32 Å². The summed E-state index contributed by atoms with van der Waals surface area (Å²) in [4.78, 5) is 16.0. The van der Waals surface area contributed by atoms with E-state index < -0.39 is 29.3 Å². The molecule has 4 nitrogen and oxygen atoms in total. The average molecular weight is 314 g/mol. The van der Waals surface area contributed by atoms with Crippen LogP contribution in [0.1, 0.15) is 22.9 Å². The fourth-order valence-corrected chi connectivity index (χ4v) is 3.31. The molecule has 0 amide bonds. The number of carboxylic acids is 1. The van der Waals surface area contributed by atoms with Crippen LogP contribution in [-0.2, 0) is 11.2 Å². The Balaban J connectivity index is 1.89. The van der Waals surface area contributed by atoms with Crippen molar-refractivity contribution in [3.63, 3.8) is 0 Å². The number of fused-ring (bicyclic) bond motifs is 1. The van der Waals surface area contributed by atoms with E-state index in [1.165, 1.54) is 11.3 Å². The van der Waals surface area contributed by atoms with Gasteiger partial charge in [0.1, 0.15) is 5.92 Å². The highest BCUT2D eigenvalue weighted by molar-refractivity contribution is 7.15. The normalized spacial score (nSPS) is 16.8. The van der Waals surface area contributed by atoms with E-state index >= 15 is 0 Å². The van der Waals surface area contributed by atoms with E-state index in [1.54, 1.807) is 0 Å². The summed E-state index contributed by atoms with van der Waals surface area (Å²) in [5.41, 5.74) is 0.214. The number of aromatic nitrogens is 1. The van der Waals surface area contributed by atoms with E-state index in [2.05, 4.69) is 10.3 Å². The van der Waals surface area contributed by atoms with Crippen LogP contribution in [0.15, 0.2) is 12.1 Å². The van der Waals surface area contributed by atoms with Crippen molar-refractivity contribution >= 4 is 28.1 Å². The van der Waals surface area contributed by atoms with E-state index in [1.807, 2.05) is 0 Å². The van der Waals surface area contributed by atoms with Gasteiger partial charge in [0.15, 0.2) is 22.6 Å². The topological polar surface area (TPSA) is 62.2 Å². The first-order chi connectivity index (χ1) is 9.97. The van der Waals surface area contributed by atoms with Crippen LogP contribution in [0.4, 0.5) is 24.0 Å². The predicted molar refractivity (Wildman–Crippen MR) is 70.4 cm³/mol. The van der Waals surface area contributed by atoms with Gasteiger partial charge in [0.25, 0.3) is 0 Å². The van der Waals surface area contributed by atoms with E-state index in [4.69, 9.17) is 5.11 Å². The Kier molecular flexibility index (Phi) is 3.32. The molecular weight excluding hydrogens is 305 g/mol. The number of aliphatic carboxylic acids is 1. The predicted octanol–water partition coefficient (Wildman–Crippen LogP) is 3.42.